The van der Waals surface area contributed by atoms with Gasteiger partial charge in [-0.05, 0) is 37.6 Å². The van der Waals surface area contributed by atoms with Gasteiger partial charge >= 0.3 is 5.97 Å². The molecule has 2 heterocycles. The van der Waals surface area contributed by atoms with Crippen molar-refractivity contribution >= 4 is 29.3 Å². The minimum Gasteiger partial charge on any atom is -0.469 e. The molecule has 8 nitrogen and oxygen atoms in total. The number of aryl methyl sites for hydroxylation is 2. The van der Waals surface area contributed by atoms with Crippen molar-refractivity contribution in [1.82, 2.24) is 10.2 Å². The lowest BCUT2D eigenvalue weighted by Gasteiger charge is -2.09. The van der Waals surface area contributed by atoms with Crippen LogP contribution in [0.5, 0.6) is 0 Å². The summed E-state index contributed by atoms with van der Waals surface area (Å²) in [6.07, 6.45) is 1.54. The molecule has 27 heavy (non-hydrogen) atoms. The summed E-state index contributed by atoms with van der Waals surface area (Å²) in [6, 6.07) is 6.70. The number of anilines is 1. The molecule has 0 atom stereocenters. The molecule has 9 heteroatoms. The molecular formula is C18H17N3O5S. The number of nitrogens with one attached hydrogen (secondary N) is 1. The number of esters is 1. The molecule has 0 radical (unpaired) electrons. The van der Waals surface area contributed by atoms with Crippen molar-refractivity contribution in [2.24, 2.45) is 0 Å². The Hall–Kier alpha value is -3.07. The number of rotatable bonds is 6. The van der Waals surface area contributed by atoms with E-state index in [-0.39, 0.29) is 16.9 Å². The number of thioether (sulfide) groups is 1. The highest BCUT2D eigenvalue weighted by molar-refractivity contribution is 7.99. The third-order valence-corrected chi connectivity index (χ3v) is 4.57. The lowest BCUT2D eigenvalue weighted by molar-refractivity contribution is -0.113. The van der Waals surface area contributed by atoms with Crippen LogP contribution in [0.4, 0.5) is 5.69 Å². The lowest BCUT2D eigenvalue weighted by Crippen LogP contribution is -2.15. The van der Waals surface area contributed by atoms with Crippen LogP contribution >= 0.6 is 11.8 Å². The summed E-state index contributed by atoms with van der Waals surface area (Å²) in [6.45, 7) is 3.63. The van der Waals surface area contributed by atoms with E-state index in [0.717, 1.165) is 17.3 Å². The second-order valence-corrected chi connectivity index (χ2v) is 6.55. The fourth-order valence-corrected chi connectivity index (χ4v) is 2.86. The number of nitrogens with zero attached hydrogens (tertiary/aromatic N) is 2. The summed E-state index contributed by atoms with van der Waals surface area (Å²) in [5.41, 5.74) is 2.46. The second-order valence-electron chi connectivity index (χ2n) is 5.62. The third kappa shape index (κ3) is 4.37. The van der Waals surface area contributed by atoms with Gasteiger partial charge in [0.15, 0.2) is 0 Å². The van der Waals surface area contributed by atoms with E-state index < -0.39 is 5.97 Å². The van der Waals surface area contributed by atoms with E-state index in [1.165, 1.54) is 7.11 Å². The number of furan rings is 1. The van der Waals surface area contributed by atoms with Crippen molar-refractivity contribution in [2.75, 3.05) is 18.2 Å². The van der Waals surface area contributed by atoms with Crippen molar-refractivity contribution in [2.45, 2.75) is 19.1 Å². The van der Waals surface area contributed by atoms with Crippen LogP contribution in [0.15, 0.2) is 44.6 Å². The number of methoxy groups -OCH3 is 1. The van der Waals surface area contributed by atoms with Crippen molar-refractivity contribution in [3.63, 3.8) is 0 Å². The minimum absolute atomic E-state index is 0.0773. The van der Waals surface area contributed by atoms with E-state index in [2.05, 4.69) is 15.5 Å². The van der Waals surface area contributed by atoms with E-state index >= 15 is 0 Å². The smallest absolute Gasteiger partial charge is 0.337 e. The first-order valence-corrected chi connectivity index (χ1v) is 8.96. The number of carbonyl (C=O) groups is 2. The molecule has 3 aromatic rings. The van der Waals surface area contributed by atoms with Crippen LogP contribution in [0.2, 0.25) is 0 Å². The van der Waals surface area contributed by atoms with E-state index in [1.807, 2.05) is 6.92 Å². The van der Waals surface area contributed by atoms with Gasteiger partial charge < -0.3 is 18.9 Å². The zero-order chi connectivity index (χ0) is 19.4. The second kappa shape index (κ2) is 8.09. The maximum atomic E-state index is 12.2. The number of aromatic nitrogens is 2. The molecule has 0 aliphatic rings. The molecule has 0 saturated heterocycles. The summed E-state index contributed by atoms with van der Waals surface area (Å²) in [5, 5.41) is 10.9. The van der Waals surface area contributed by atoms with Crippen molar-refractivity contribution < 1.29 is 23.2 Å². The molecule has 0 unspecified atom stereocenters. The fraction of sp³-hybridized carbons (Fsp3) is 0.222. The van der Waals surface area contributed by atoms with Crippen LogP contribution in [-0.2, 0) is 9.53 Å². The van der Waals surface area contributed by atoms with Gasteiger partial charge in [0.2, 0.25) is 5.91 Å². The van der Waals surface area contributed by atoms with Gasteiger partial charge in [-0.25, -0.2) is 4.79 Å². The van der Waals surface area contributed by atoms with E-state index in [0.29, 0.717) is 28.5 Å². The summed E-state index contributed by atoms with van der Waals surface area (Å²) in [5.74, 6) is 0.366. The molecule has 3 rings (SSSR count). The Morgan fingerprint density at radius 3 is 2.74 bits per heavy atom. The number of hydrogen-bond acceptors (Lipinski definition) is 8. The summed E-state index contributed by atoms with van der Waals surface area (Å²) >= 11 is 1.12. The average molecular weight is 387 g/mol. The van der Waals surface area contributed by atoms with Gasteiger partial charge in [0, 0.05) is 5.69 Å². The highest BCUT2D eigenvalue weighted by Gasteiger charge is 2.15. The van der Waals surface area contributed by atoms with Gasteiger partial charge in [-0.15, -0.1) is 10.2 Å². The van der Waals surface area contributed by atoms with Crippen molar-refractivity contribution in [3.05, 3.63) is 47.4 Å². The molecule has 1 aromatic carbocycles. The first-order valence-electron chi connectivity index (χ1n) is 7.97. The highest BCUT2D eigenvalue weighted by atomic mass is 32.2. The van der Waals surface area contributed by atoms with E-state index in [9.17, 15) is 9.59 Å². The molecule has 1 N–H and O–H groups in total. The fourth-order valence-electron chi connectivity index (χ4n) is 2.30. The lowest BCUT2D eigenvalue weighted by atomic mass is 10.1. The van der Waals surface area contributed by atoms with E-state index in [1.54, 1.807) is 37.5 Å². The maximum Gasteiger partial charge on any atom is 0.337 e. The molecule has 0 fully saturated rings. The number of hydrogen-bond donors (Lipinski definition) is 1. The van der Waals surface area contributed by atoms with Gasteiger partial charge in [0.1, 0.15) is 5.76 Å². The monoisotopic (exact) mass is 387 g/mol. The van der Waals surface area contributed by atoms with Gasteiger partial charge in [0.05, 0.1) is 30.3 Å². The highest BCUT2D eigenvalue weighted by Crippen LogP contribution is 2.26. The topological polar surface area (TPSA) is 107 Å². The van der Waals surface area contributed by atoms with Gasteiger partial charge in [0.25, 0.3) is 11.1 Å². The number of amides is 1. The van der Waals surface area contributed by atoms with Gasteiger partial charge in [-0.1, -0.05) is 17.8 Å². The Labute approximate surface area is 159 Å². The maximum absolute atomic E-state index is 12.2. The first-order chi connectivity index (χ1) is 13.0. The quantitative estimate of drug-likeness (QED) is 0.506. The van der Waals surface area contributed by atoms with Gasteiger partial charge in [-0.2, -0.15) is 0 Å². The zero-order valence-corrected chi connectivity index (χ0v) is 15.8. The van der Waals surface area contributed by atoms with Crippen molar-refractivity contribution in [1.29, 1.82) is 0 Å². The summed E-state index contributed by atoms with van der Waals surface area (Å²) in [7, 11) is 1.31. The minimum atomic E-state index is -0.465. The Bertz CT molecular complexity index is 979. The Kier molecular flexibility index (Phi) is 5.60. The zero-order valence-electron chi connectivity index (χ0n) is 14.9. The van der Waals surface area contributed by atoms with Crippen molar-refractivity contribution in [3.8, 4) is 11.5 Å². The predicted molar refractivity (Wildman–Crippen MR) is 98.6 cm³/mol. The molecule has 0 saturated carbocycles. The number of ether oxygens (including phenoxy) is 1. The molecule has 2 aromatic heterocycles. The standard InChI is InChI=1S/C18H17N3O5S/c1-10-4-5-12(17(23)24-3)8-14(10)19-15(22)9-27-18-21-20-16(26-18)13-6-7-25-11(13)2/h4-8H,9H2,1-3H3,(H,19,22). The SMILES string of the molecule is COC(=O)c1ccc(C)c(NC(=O)CSc2nnc(-c3ccoc3C)o2)c1. The average Bonchev–Trinajstić information content (AvgIpc) is 3.29. The molecule has 0 aliphatic carbocycles. The predicted octanol–water partition coefficient (Wildman–Crippen LogP) is 3.46. The largest absolute Gasteiger partial charge is 0.469 e. The Morgan fingerprint density at radius 1 is 1.22 bits per heavy atom. The van der Waals surface area contributed by atoms with E-state index in [4.69, 9.17) is 13.6 Å². The van der Waals surface area contributed by atoms with Crippen LogP contribution in [0.3, 0.4) is 0 Å². The van der Waals surface area contributed by atoms with Gasteiger partial charge in [-0.3, -0.25) is 4.79 Å². The Morgan fingerprint density at radius 2 is 2.04 bits per heavy atom. The summed E-state index contributed by atoms with van der Waals surface area (Å²) < 4.78 is 15.4. The molecular weight excluding hydrogens is 370 g/mol. The molecule has 0 bridgehead atoms. The first kappa shape index (κ1) is 18.7. The van der Waals surface area contributed by atoms with Crippen LogP contribution in [0.1, 0.15) is 21.7 Å². The van der Waals surface area contributed by atoms with Crippen LogP contribution in [0.25, 0.3) is 11.5 Å². The number of benzene rings is 1. The molecule has 0 spiro atoms. The number of carbonyl (C=O) groups excluding carboxylic acids is 2. The Balaban J connectivity index is 1.61. The third-order valence-electron chi connectivity index (χ3n) is 3.76. The summed E-state index contributed by atoms with van der Waals surface area (Å²) in [4.78, 5) is 23.8. The van der Waals surface area contributed by atoms with Crippen LogP contribution in [-0.4, -0.2) is 34.9 Å². The van der Waals surface area contributed by atoms with Crippen LogP contribution in [0, 0.1) is 13.8 Å². The van der Waals surface area contributed by atoms with Crippen LogP contribution < -0.4 is 5.32 Å². The molecule has 1 amide bonds. The normalized spacial score (nSPS) is 10.6. The molecule has 0 aliphatic heterocycles. The molecule has 140 valence electrons.